The summed E-state index contributed by atoms with van der Waals surface area (Å²) in [6.07, 6.45) is 0.273. The highest BCUT2D eigenvalue weighted by molar-refractivity contribution is 7.92. The molecule has 0 aliphatic carbocycles. The van der Waals surface area contributed by atoms with Gasteiger partial charge >= 0.3 is 0 Å². The molecule has 0 aliphatic rings. The molecule has 8 heteroatoms. The van der Waals surface area contributed by atoms with Crippen LogP contribution in [0, 0.1) is 6.92 Å². The Kier molecular flexibility index (Phi) is 9.35. The van der Waals surface area contributed by atoms with Crippen LogP contribution < -0.4 is 9.62 Å². The molecule has 1 atom stereocenters. The SMILES string of the molecule is CNC(=O)[C@H](Cc1ccccc1)N(Cc1cccc(C)c1)C(=O)CN(c1ccccc1)S(=O)(=O)c1ccccc1. The summed E-state index contributed by atoms with van der Waals surface area (Å²) in [7, 11) is -2.55. The summed E-state index contributed by atoms with van der Waals surface area (Å²) in [5, 5.41) is 2.69. The van der Waals surface area contributed by atoms with Crippen LogP contribution in [0.3, 0.4) is 0 Å². The molecule has 0 bridgehead atoms. The smallest absolute Gasteiger partial charge is 0.264 e. The highest BCUT2D eigenvalue weighted by Gasteiger charge is 2.34. The minimum absolute atomic E-state index is 0.0732. The lowest BCUT2D eigenvalue weighted by Crippen LogP contribution is -2.53. The molecular formula is C32H33N3O4S. The molecule has 0 radical (unpaired) electrons. The van der Waals surface area contributed by atoms with E-state index in [-0.39, 0.29) is 23.8 Å². The van der Waals surface area contributed by atoms with Gasteiger partial charge < -0.3 is 10.2 Å². The van der Waals surface area contributed by atoms with Crippen LogP contribution in [0.5, 0.6) is 0 Å². The lowest BCUT2D eigenvalue weighted by atomic mass is 10.0. The number of amides is 2. The summed E-state index contributed by atoms with van der Waals surface area (Å²) >= 11 is 0. The number of sulfonamides is 1. The molecule has 4 rings (SSSR count). The van der Waals surface area contributed by atoms with E-state index < -0.39 is 28.5 Å². The van der Waals surface area contributed by atoms with Gasteiger partial charge in [-0.15, -0.1) is 0 Å². The van der Waals surface area contributed by atoms with Crippen molar-refractivity contribution in [1.29, 1.82) is 0 Å². The fraction of sp³-hybridized carbons (Fsp3) is 0.188. The minimum Gasteiger partial charge on any atom is -0.357 e. The lowest BCUT2D eigenvalue weighted by Gasteiger charge is -2.33. The van der Waals surface area contributed by atoms with E-state index >= 15 is 0 Å². The largest absolute Gasteiger partial charge is 0.357 e. The Balaban J connectivity index is 1.76. The molecule has 0 saturated heterocycles. The first-order chi connectivity index (χ1) is 19.3. The zero-order valence-electron chi connectivity index (χ0n) is 22.6. The third-order valence-electron chi connectivity index (χ3n) is 6.61. The summed E-state index contributed by atoms with van der Waals surface area (Å²) in [5.74, 6) is -0.823. The Morgan fingerprint density at radius 3 is 1.95 bits per heavy atom. The van der Waals surface area contributed by atoms with E-state index in [9.17, 15) is 18.0 Å². The number of carbonyl (C=O) groups excluding carboxylic acids is 2. The molecule has 7 nitrogen and oxygen atoms in total. The summed E-state index contributed by atoms with van der Waals surface area (Å²) in [4.78, 5) is 29.0. The van der Waals surface area contributed by atoms with Crippen LogP contribution in [0.2, 0.25) is 0 Å². The number of para-hydroxylation sites is 1. The molecule has 2 amide bonds. The van der Waals surface area contributed by atoms with Crippen LogP contribution in [0.1, 0.15) is 16.7 Å². The van der Waals surface area contributed by atoms with Gasteiger partial charge in [0.1, 0.15) is 12.6 Å². The number of likely N-dealkylation sites (N-methyl/N-ethyl adjacent to an activating group) is 1. The van der Waals surface area contributed by atoms with E-state index in [0.717, 1.165) is 21.0 Å². The first-order valence-electron chi connectivity index (χ1n) is 13.0. The minimum atomic E-state index is -4.09. The number of rotatable bonds is 11. The summed E-state index contributed by atoms with van der Waals surface area (Å²) in [6.45, 7) is 1.62. The number of hydrogen-bond acceptors (Lipinski definition) is 4. The van der Waals surface area contributed by atoms with Gasteiger partial charge in [-0.2, -0.15) is 0 Å². The standard InChI is InChI=1S/C32H33N3O4S/c1-25-13-12-16-27(21-25)23-34(30(32(37)33-2)22-26-14-6-3-7-15-26)31(36)24-35(28-17-8-4-9-18-28)40(38,39)29-19-10-5-11-20-29/h3-21,30H,22-24H2,1-2H3,(H,33,37)/t30-/m0/s1. The normalized spacial score (nSPS) is 11.8. The highest BCUT2D eigenvalue weighted by atomic mass is 32.2. The van der Waals surface area contributed by atoms with Gasteiger partial charge in [0.05, 0.1) is 10.6 Å². The summed E-state index contributed by atoms with van der Waals surface area (Å²) < 4.78 is 28.7. The van der Waals surface area contributed by atoms with E-state index in [1.165, 1.54) is 24.1 Å². The number of benzene rings is 4. The number of anilines is 1. The monoisotopic (exact) mass is 555 g/mol. The second-order valence-corrected chi connectivity index (χ2v) is 11.4. The van der Waals surface area contributed by atoms with Gasteiger partial charge in [-0.05, 0) is 42.3 Å². The second kappa shape index (κ2) is 13.1. The number of carbonyl (C=O) groups is 2. The zero-order valence-corrected chi connectivity index (χ0v) is 23.4. The Labute approximate surface area is 236 Å². The van der Waals surface area contributed by atoms with Crippen LogP contribution in [0.4, 0.5) is 5.69 Å². The Hall–Kier alpha value is -4.43. The maximum atomic E-state index is 14.2. The second-order valence-electron chi connectivity index (χ2n) is 9.49. The van der Waals surface area contributed by atoms with Crippen molar-refractivity contribution in [2.24, 2.45) is 0 Å². The highest BCUT2D eigenvalue weighted by Crippen LogP contribution is 2.25. The Bertz CT molecular complexity index is 1530. The van der Waals surface area contributed by atoms with Crippen molar-refractivity contribution in [2.75, 3.05) is 17.9 Å². The van der Waals surface area contributed by atoms with Gasteiger partial charge in [-0.1, -0.05) is 96.6 Å². The van der Waals surface area contributed by atoms with Crippen molar-refractivity contribution >= 4 is 27.5 Å². The van der Waals surface area contributed by atoms with E-state index in [4.69, 9.17) is 0 Å². The Morgan fingerprint density at radius 1 is 0.775 bits per heavy atom. The van der Waals surface area contributed by atoms with Crippen LogP contribution in [0.15, 0.2) is 120 Å². The van der Waals surface area contributed by atoms with Gasteiger partial charge in [-0.25, -0.2) is 8.42 Å². The number of aryl methyl sites for hydroxylation is 1. The topological polar surface area (TPSA) is 86.8 Å². The van der Waals surface area contributed by atoms with Crippen molar-refractivity contribution in [3.8, 4) is 0 Å². The van der Waals surface area contributed by atoms with Gasteiger partial charge in [0.2, 0.25) is 11.8 Å². The number of hydrogen-bond donors (Lipinski definition) is 1. The first kappa shape index (κ1) is 28.6. The summed E-state index contributed by atoms with van der Waals surface area (Å²) in [5.41, 5.74) is 3.10. The van der Waals surface area contributed by atoms with Gasteiger partial charge in [-0.3, -0.25) is 13.9 Å². The fourth-order valence-corrected chi connectivity index (χ4v) is 6.01. The molecule has 4 aromatic rings. The Morgan fingerprint density at radius 2 is 1.35 bits per heavy atom. The maximum absolute atomic E-state index is 14.2. The molecule has 0 heterocycles. The molecule has 0 aromatic heterocycles. The third-order valence-corrected chi connectivity index (χ3v) is 8.40. The molecule has 0 unspecified atom stereocenters. The molecular weight excluding hydrogens is 522 g/mol. The average Bonchev–Trinajstić information content (AvgIpc) is 2.98. The van der Waals surface area contributed by atoms with E-state index in [0.29, 0.717) is 5.69 Å². The molecule has 0 aliphatic heterocycles. The molecule has 0 fully saturated rings. The zero-order chi connectivity index (χ0) is 28.5. The third kappa shape index (κ3) is 6.95. The lowest BCUT2D eigenvalue weighted by molar-refractivity contribution is -0.139. The number of nitrogens with zero attached hydrogens (tertiary/aromatic N) is 2. The quantitative estimate of drug-likeness (QED) is 0.294. The predicted molar refractivity (Wildman–Crippen MR) is 157 cm³/mol. The van der Waals surface area contributed by atoms with Crippen molar-refractivity contribution in [2.45, 2.75) is 30.8 Å². The molecule has 206 valence electrons. The molecule has 0 spiro atoms. The predicted octanol–water partition coefficient (Wildman–Crippen LogP) is 4.58. The van der Waals surface area contributed by atoms with Gasteiger partial charge in [0, 0.05) is 20.0 Å². The van der Waals surface area contributed by atoms with E-state index in [2.05, 4.69) is 5.32 Å². The van der Waals surface area contributed by atoms with Crippen LogP contribution in [-0.4, -0.2) is 44.8 Å². The van der Waals surface area contributed by atoms with Crippen molar-refractivity contribution < 1.29 is 18.0 Å². The maximum Gasteiger partial charge on any atom is 0.264 e. The first-order valence-corrected chi connectivity index (χ1v) is 14.5. The molecule has 40 heavy (non-hydrogen) atoms. The van der Waals surface area contributed by atoms with E-state index in [1.54, 1.807) is 48.5 Å². The summed E-state index contributed by atoms with van der Waals surface area (Å²) in [6, 6.07) is 32.9. The van der Waals surface area contributed by atoms with Crippen molar-refractivity contribution in [3.63, 3.8) is 0 Å². The molecule has 4 aromatic carbocycles. The van der Waals surface area contributed by atoms with E-state index in [1.807, 2.05) is 61.5 Å². The van der Waals surface area contributed by atoms with Crippen LogP contribution >= 0.6 is 0 Å². The van der Waals surface area contributed by atoms with Crippen LogP contribution in [-0.2, 0) is 32.6 Å². The fourth-order valence-electron chi connectivity index (χ4n) is 4.57. The molecule has 0 saturated carbocycles. The average molecular weight is 556 g/mol. The molecule has 1 N–H and O–H groups in total. The van der Waals surface area contributed by atoms with Crippen molar-refractivity contribution in [3.05, 3.63) is 132 Å². The number of nitrogens with one attached hydrogen (secondary N) is 1. The van der Waals surface area contributed by atoms with Gasteiger partial charge in [0.25, 0.3) is 10.0 Å². The van der Waals surface area contributed by atoms with Crippen LogP contribution in [0.25, 0.3) is 0 Å². The van der Waals surface area contributed by atoms with Gasteiger partial charge in [0.15, 0.2) is 0 Å². The van der Waals surface area contributed by atoms with Crippen molar-refractivity contribution in [1.82, 2.24) is 10.2 Å².